The van der Waals surface area contributed by atoms with E-state index in [1.165, 1.54) is 0 Å². The van der Waals surface area contributed by atoms with Gasteiger partial charge >= 0.3 is 0 Å². The van der Waals surface area contributed by atoms with Gasteiger partial charge in [0, 0.05) is 18.2 Å². The van der Waals surface area contributed by atoms with E-state index in [9.17, 15) is 4.79 Å². The maximum absolute atomic E-state index is 12.5. The van der Waals surface area contributed by atoms with E-state index in [0.29, 0.717) is 24.7 Å². The maximum Gasteiger partial charge on any atom is 0.261 e. The number of carbonyl (C=O) groups excluding carboxylic acids is 1. The van der Waals surface area contributed by atoms with Crippen molar-refractivity contribution in [3.05, 3.63) is 48.2 Å². The molecule has 1 aromatic heterocycles. The summed E-state index contributed by atoms with van der Waals surface area (Å²) in [5.74, 6) is 0.0562. The van der Waals surface area contributed by atoms with Gasteiger partial charge in [0.1, 0.15) is 12.2 Å². The van der Waals surface area contributed by atoms with E-state index in [2.05, 4.69) is 10.3 Å². The fourth-order valence-corrected chi connectivity index (χ4v) is 2.39. The first kappa shape index (κ1) is 16.3. The van der Waals surface area contributed by atoms with Gasteiger partial charge < -0.3 is 14.8 Å². The molecule has 1 amide bonds. The number of thioether (sulfide) groups is 1. The average Bonchev–Trinajstić information content (AvgIpc) is 2.56. The number of hydrogen-bond donors (Lipinski definition) is 1. The molecule has 0 aliphatic rings. The van der Waals surface area contributed by atoms with Gasteiger partial charge in [-0.3, -0.25) is 4.79 Å². The Morgan fingerprint density at radius 3 is 2.82 bits per heavy atom. The van der Waals surface area contributed by atoms with Gasteiger partial charge in [0.2, 0.25) is 5.88 Å². The summed E-state index contributed by atoms with van der Waals surface area (Å²) in [7, 11) is 1.59. The molecule has 1 N–H and O–H groups in total. The minimum atomic E-state index is -0.248. The number of rotatable bonds is 7. The van der Waals surface area contributed by atoms with E-state index in [-0.39, 0.29) is 5.91 Å². The molecule has 1 heterocycles. The number of carbonyl (C=O) groups is 1. The SMILES string of the molecule is COCCOc1ncccc1C(=O)Nc1ccccc1SC. The summed E-state index contributed by atoms with van der Waals surface area (Å²) in [4.78, 5) is 17.6. The van der Waals surface area contributed by atoms with Crippen LogP contribution in [0.3, 0.4) is 0 Å². The van der Waals surface area contributed by atoms with Crippen molar-refractivity contribution in [2.45, 2.75) is 4.90 Å². The highest BCUT2D eigenvalue weighted by Gasteiger charge is 2.15. The Hall–Kier alpha value is -2.05. The Bertz CT molecular complexity index is 634. The van der Waals surface area contributed by atoms with Crippen LogP contribution in [0.15, 0.2) is 47.5 Å². The van der Waals surface area contributed by atoms with Crippen LogP contribution >= 0.6 is 11.8 Å². The van der Waals surface area contributed by atoms with E-state index in [1.807, 2.05) is 30.5 Å². The number of ether oxygens (including phenoxy) is 2. The largest absolute Gasteiger partial charge is 0.475 e. The normalized spacial score (nSPS) is 10.3. The minimum absolute atomic E-state index is 0.248. The predicted molar refractivity (Wildman–Crippen MR) is 87.8 cm³/mol. The van der Waals surface area contributed by atoms with Crippen LogP contribution in [0.2, 0.25) is 0 Å². The molecule has 1 aromatic carbocycles. The molecule has 0 saturated heterocycles. The molecular formula is C16H18N2O3S. The van der Waals surface area contributed by atoms with Crippen molar-refractivity contribution >= 4 is 23.4 Å². The summed E-state index contributed by atoms with van der Waals surface area (Å²) in [6.45, 7) is 0.780. The van der Waals surface area contributed by atoms with Gasteiger partial charge in [-0.2, -0.15) is 0 Å². The van der Waals surface area contributed by atoms with Crippen LogP contribution in [-0.2, 0) is 4.74 Å². The van der Waals surface area contributed by atoms with Crippen molar-refractivity contribution in [1.82, 2.24) is 4.98 Å². The summed E-state index contributed by atoms with van der Waals surface area (Å²) in [6.07, 6.45) is 3.56. The number of nitrogens with zero attached hydrogens (tertiary/aromatic N) is 1. The molecule has 22 heavy (non-hydrogen) atoms. The molecule has 0 unspecified atom stereocenters. The number of pyridine rings is 1. The van der Waals surface area contributed by atoms with Crippen LogP contribution in [0, 0.1) is 0 Å². The summed E-state index contributed by atoms with van der Waals surface area (Å²) >= 11 is 1.58. The van der Waals surface area contributed by atoms with Crippen molar-refractivity contribution < 1.29 is 14.3 Å². The third-order valence-electron chi connectivity index (χ3n) is 2.90. The molecule has 0 aliphatic heterocycles. The van der Waals surface area contributed by atoms with E-state index in [4.69, 9.17) is 9.47 Å². The van der Waals surface area contributed by atoms with E-state index in [1.54, 1.807) is 37.2 Å². The van der Waals surface area contributed by atoms with Crippen molar-refractivity contribution in [3.63, 3.8) is 0 Å². The Balaban J connectivity index is 2.15. The van der Waals surface area contributed by atoms with Gasteiger partial charge in [-0.05, 0) is 30.5 Å². The average molecular weight is 318 g/mol. The maximum atomic E-state index is 12.5. The molecule has 2 rings (SSSR count). The molecule has 0 bridgehead atoms. The molecule has 6 heteroatoms. The fraction of sp³-hybridized carbons (Fsp3) is 0.250. The third-order valence-corrected chi connectivity index (χ3v) is 3.69. The van der Waals surface area contributed by atoms with Crippen molar-refractivity contribution in [2.24, 2.45) is 0 Å². The number of nitrogens with one attached hydrogen (secondary N) is 1. The van der Waals surface area contributed by atoms with Crippen LogP contribution in [0.1, 0.15) is 10.4 Å². The van der Waals surface area contributed by atoms with Crippen LogP contribution in [0.5, 0.6) is 5.88 Å². The highest BCUT2D eigenvalue weighted by Crippen LogP contribution is 2.26. The second-order valence-corrected chi connectivity index (χ2v) is 5.20. The van der Waals surface area contributed by atoms with Crippen molar-refractivity contribution in [2.75, 3.05) is 31.9 Å². The van der Waals surface area contributed by atoms with Gasteiger partial charge in [0.15, 0.2) is 0 Å². The summed E-state index contributed by atoms with van der Waals surface area (Å²) < 4.78 is 10.4. The van der Waals surface area contributed by atoms with Crippen LogP contribution in [-0.4, -0.2) is 37.5 Å². The third kappa shape index (κ3) is 4.22. The topological polar surface area (TPSA) is 60.5 Å². The quantitative estimate of drug-likeness (QED) is 0.628. The highest BCUT2D eigenvalue weighted by atomic mass is 32.2. The fourth-order valence-electron chi connectivity index (χ4n) is 1.84. The zero-order valence-electron chi connectivity index (χ0n) is 12.5. The monoisotopic (exact) mass is 318 g/mol. The Labute approximate surface area is 134 Å². The smallest absolute Gasteiger partial charge is 0.261 e. The molecule has 5 nitrogen and oxygen atoms in total. The summed E-state index contributed by atoms with van der Waals surface area (Å²) in [5, 5.41) is 2.90. The second kappa shape index (κ2) is 8.41. The number of anilines is 1. The minimum Gasteiger partial charge on any atom is -0.475 e. The van der Waals surface area contributed by atoms with Crippen LogP contribution in [0.25, 0.3) is 0 Å². The van der Waals surface area contributed by atoms with Gasteiger partial charge in [-0.1, -0.05) is 12.1 Å². The standard InChI is InChI=1S/C16H18N2O3S/c1-20-10-11-21-16-12(6-5-9-17-16)15(19)18-13-7-3-4-8-14(13)22-2/h3-9H,10-11H2,1-2H3,(H,18,19). The summed E-state index contributed by atoms with van der Waals surface area (Å²) in [5.41, 5.74) is 1.17. The zero-order valence-corrected chi connectivity index (χ0v) is 13.4. The molecule has 0 fully saturated rings. The number of hydrogen-bond acceptors (Lipinski definition) is 5. The first-order chi connectivity index (χ1) is 10.8. The molecule has 0 spiro atoms. The molecule has 116 valence electrons. The molecular weight excluding hydrogens is 300 g/mol. The Kier molecular flexibility index (Phi) is 6.24. The highest BCUT2D eigenvalue weighted by molar-refractivity contribution is 7.98. The Morgan fingerprint density at radius 2 is 2.05 bits per heavy atom. The number of para-hydroxylation sites is 1. The van der Waals surface area contributed by atoms with Gasteiger partial charge in [0.05, 0.1) is 12.3 Å². The predicted octanol–water partition coefficient (Wildman–Crippen LogP) is 3.08. The van der Waals surface area contributed by atoms with Gasteiger partial charge in [-0.25, -0.2) is 4.98 Å². The van der Waals surface area contributed by atoms with Crippen LogP contribution in [0.4, 0.5) is 5.69 Å². The molecule has 0 saturated carbocycles. The van der Waals surface area contributed by atoms with E-state index in [0.717, 1.165) is 10.6 Å². The van der Waals surface area contributed by atoms with Gasteiger partial charge in [-0.15, -0.1) is 11.8 Å². The first-order valence-corrected chi connectivity index (χ1v) is 8.00. The second-order valence-electron chi connectivity index (χ2n) is 4.35. The van der Waals surface area contributed by atoms with Crippen molar-refractivity contribution in [3.8, 4) is 5.88 Å². The van der Waals surface area contributed by atoms with E-state index < -0.39 is 0 Å². The zero-order chi connectivity index (χ0) is 15.8. The number of amides is 1. The lowest BCUT2D eigenvalue weighted by molar-refractivity contribution is 0.101. The van der Waals surface area contributed by atoms with E-state index >= 15 is 0 Å². The lowest BCUT2D eigenvalue weighted by Crippen LogP contribution is -2.16. The van der Waals surface area contributed by atoms with Crippen molar-refractivity contribution in [1.29, 1.82) is 0 Å². The number of benzene rings is 1. The lowest BCUT2D eigenvalue weighted by atomic mass is 10.2. The molecule has 0 atom stereocenters. The summed E-state index contributed by atoms with van der Waals surface area (Å²) in [6, 6.07) is 11.0. The molecule has 2 aromatic rings. The first-order valence-electron chi connectivity index (χ1n) is 6.77. The van der Waals surface area contributed by atoms with Crippen LogP contribution < -0.4 is 10.1 Å². The molecule has 0 aliphatic carbocycles. The lowest BCUT2D eigenvalue weighted by Gasteiger charge is -2.12. The molecule has 0 radical (unpaired) electrons. The number of methoxy groups -OCH3 is 1. The van der Waals surface area contributed by atoms with Gasteiger partial charge in [0.25, 0.3) is 5.91 Å². The Morgan fingerprint density at radius 1 is 1.23 bits per heavy atom. The number of aromatic nitrogens is 1.